The van der Waals surface area contributed by atoms with Crippen molar-refractivity contribution >= 4 is 11.8 Å². The summed E-state index contributed by atoms with van der Waals surface area (Å²) in [6, 6.07) is 5.30. The van der Waals surface area contributed by atoms with Crippen LogP contribution in [0.2, 0.25) is 0 Å². The van der Waals surface area contributed by atoms with Crippen molar-refractivity contribution in [2.24, 2.45) is 7.05 Å². The monoisotopic (exact) mass is 260 g/mol. The fourth-order valence-corrected chi connectivity index (χ4v) is 1.65. The van der Waals surface area contributed by atoms with Gasteiger partial charge in [0.05, 0.1) is 18.8 Å². The third kappa shape index (κ3) is 3.31. The van der Waals surface area contributed by atoms with Gasteiger partial charge in [0.2, 0.25) is 0 Å². The van der Waals surface area contributed by atoms with Crippen molar-refractivity contribution < 1.29 is 9.53 Å². The first-order chi connectivity index (χ1) is 9.20. The van der Waals surface area contributed by atoms with Crippen molar-refractivity contribution in [3.63, 3.8) is 0 Å². The summed E-state index contributed by atoms with van der Waals surface area (Å²) in [4.78, 5) is 15.9. The Kier molecular flexibility index (Phi) is 4.12. The van der Waals surface area contributed by atoms with Gasteiger partial charge >= 0.3 is 5.97 Å². The molecule has 1 N–H and O–H groups in total. The molecule has 0 unspecified atom stereocenters. The van der Waals surface area contributed by atoms with Gasteiger partial charge in [-0.1, -0.05) is 0 Å². The molecule has 2 aromatic heterocycles. The summed E-state index contributed by atoms with van der Waals surface area (Å²) in [6.07, 6.45) is 3.49. The predicted octanol–water partition coefficient (Wildman–Crippen LogP) is 1.60. The average molecular weight is 260 g/mol. The Balaban J connectivity index is 2.09. The summed E-state index contributed by atoms with van der Waals surface area (Å²) in [5.74, 6) is 0.130. The first-order valence-corrected chi connectivity index (χ1v) is 6.05. The molecule has 0 fully saturated rings. The van der Waals surface area contributed by atoms with E-state index in [2.05, 4.69) is 15.4 Å². The van der Waals surface area contributed by atoms with E-state index in [1.54, 1.807) is 29.9 Å². The van der Waals surface area contributed by atoms with Crippen LogP contribution in [-0.4, -0.2) is 27.3 Å². The maximum atomic E-state index is 11.8. The van der Waals surface area contributed by atoms with Crippen molar-refractivity contribution in [2.45, 2.75) is 13.5 Å². The molecule has 0 atom stereocenters. The van der Waals surface area contributed by atoms with Gasteiger partial charge in [0.25, 0.3) is 0 Å². The van der Waals surface area contributed by atoms with Crippen LogP contribution in [0.5, 0.6) is 0 Å². The molecule has 0 aromatic carbocycles. The minimum Gasteiger partial charge on any atom is -0.462 e. The van der Waals surface area contributed by atoms with E-state index in [-0.39, 0.29) is 5.97 Å². The molecule has 2 rings (SSSR count). The average Bonchev–Trinajstić information content (AvgIpc) is 2.83. The molecule has 0 saturated heterocycles. The smallest absolute Gasteiger partial charge is 0.341 e. The molecule has 19 heavy (non-hydrogen) atoms. The Morgan fingerprint density at radius 3 is 3.00 bits per heavy atom. The molecule has 100 valence electrons. The van der Waals surface area contributed by atoms with Crippen LogP contribution in [0.3, 0.4) is 0 Å². The van der Waals surface area contributed by atoms with Gasteiger partial charge in [-0.25, -0.2) is 9.78 Å². The van der Waals surface area contributed by atoms with Crippen LogP contribution in [0.25, 0.3) is 0 Å². The maximum Gasteiger partial charge on any atom is 0.341 e. The van der Waals surface area contributed by atoms with Crippen LogP contribution >= 0.6 is 0 Å². The molecule has 0 aliphatic rings. The number of esters is 1. The van der Waals surface area contributed by atoms with E-state index in [0.717, 1.165) is 5.69 Å². The van der Waals surface area contributed by atoms with Crippen molar-refractivity contribution in [1.29, 1.82) is 0 Å². The molecule has 2 aromatic rings. The zero-order valence-electron chi connectivity index (χ0n) is 11.0. The largest absolute Gasteiger partial charge is 0.462 e. The highest BCUT2D eigenvalue weighted by Crippen LogP contribution is 2.13. The van der Waals surface area contributed by atoms with Gasteiger partial charge < -0.3 is 10.1 Å². The van der Waals surface area contributed by atoms with Crippen LogP contribution < -0.4 is 5.32 Å². The van der Waals surface area contributed by atoms with Crippen molar-refractivity contribution in [1.82, 2.24) is 14.8 Å². The Labute approximate surface area is 111 Å². The van der Waals surface area contributed by atoms with Crippen LogP contribution in [0.4, 0.5) is 5.82 Å². The lowest BCUT2D eigenvalue weighted by Crippen LogP contribution is -2.11. The number of anilines is 1. The van der Waals surface area contributed by atoms with Crippen LogP contribution in [-0.2, 0) is 18.3 Å². The molecule has 0 aliphatic carbocycles. The Hall–Kier alpha value is -2.37. The SMILES string of the molecule is CCOC(=O)c1cccnc1NCc1ccn(C)n1. The standard InChI is InChI=1S/C13H16N4O2/c1-3-19-13(18)11-5-4-7-14-12(11)15-9-10-6-8-17(2)16-10/h4-8H,3,9H2,1-2H3,(H,14,15). The number of nitrogens with one attached hydrogen (secondary N) is 1. The van der Waals surface area contributed by atoms with Crippen LogP contribution in [0.15, 0.2) is 30.6 Å². The summed E-state index contributed by atoms with van der Waals surface area (Å²) >= 11 is 0. The summed E-state index contributed by atoms with van der Waals surface area (Å²) < 4.78 is 6.71. The maximum absolute atomic E-state index is 11.8. The number of aromatic nitrogens is 3. The van der Waals surface area contributed by atoms with Gasteiger partial charge in [0.1, 0.15) is 11.4 Å². The summed E-state index contributed by atoms with van der Waals surface area (Å²) in [7, 11) is 1.86. The zero-order valence-corrected chi connectivity index (χ0v) is 11.0. The molecule has 0 aliphatic heterocycles. The molecule has 0 amide bonds. The third-order valence-electron chi connectivity index (χ3n) is 2.51. The minimum absolute atomic E-state index is 0.341. The number of nitrogens with zero attached hydrogens (tertiary/aromatic N) is 3. The third-order valence-corrected chi connectivity index (χ3v) is 2.51. The van der Waals surface area contributed by atoms with Gasteiger partial charge in [0.15, 0.2) is 0 Å². The van der Waals surface area contributed by atoms with Crippen molar-refractivity contribution in [3.05, 3.63) is 41.9 Å². The number of carbonyl (C=O) groups excluding carboxylic acids is 1. The fourth-order valence-electron chi connectivity index (χ4n) is 1.65. The highest BCUT2D eigenvalue weighted by molar-refractivity contribution is 5.94. The number of ether oxygens (including phenoxy) is 1. The second-order valence-corrected chi connectivity index (χ2v) is 3.95. The van der Waals surface area contributed by atoms with Gasteiger partial charge in [0, 0.05) is 19.4 Å². The van der Waals surface area contributed by atoms with E-state index < -0.39 is 0 Å². The topological polar surface area (TPSA) is 69.0 Å². The second kappa shape index (κ2) is 5.99. The van der Waals surface area contributed by atoms with Gasteiger partial charge in [-0.3, -0.25) is 4.68 Å². The van der Waals surface area contributed by atoms with Gasteiger partial charge in [-0.2, -0.15) is 5.10 Å². The Morgan fingerprint density at radius 2 is 2.32 bits per heavy atom. The number of rotatable bonds is 5. The molecular formula is C13H16N4O2. The summed E-state index contributed by atoms with van der Waals surface area (Å²) in [6.45, 7) is 2.62. The number of hydrogen-bond acceptors (Lipinski definition) is 5. The molecule has 6 heteroatoms. The summed E-state index contributed by atoms with van der Waals surface area (Å²) in [5, 5.41) is 7.34. The number of hydrogen-bond donors (Lipinski definition) is 1. The first kappa shape index (κ1) is 13.1. The van der Waals surface area contributed by atoms with E-state index in [0.29, 0.717) is 24.5 Å². The molecular weight excluding hydrogens is 244 g/mol. The lowest BCUT2D eigenvalue weighted by atomic mass is 10.2. The van der Waals surface area contributed by atoms with Crippen LogP contribution in [0, 0.1) is 0 Å². The molecule has 0 spiro atoms. The lowest BCUT2D eigenvalue weighted by molar-refractivity contribution is 0.0527. The predicted molar refractivity (Wildman–Crippen MR) is 70.7 cm³/mol. The molecule has 6 nitrogen and oxygen atoms in total. The quantitative estimate of drug-likeness (QED) is 0.827. The fraction of sp³-hybridized carbons (Fsp3) is 0.308. The second-order valence-electron chi connectivity index (χ2n) is 3.95. The van der Waals surface area contributed by atoms with Crippen molar-refractivity contribution in [3.8, 4) is 0 Å². The van der Waals surface area contributed by atoms with Gasteiger partial charge in [-0.15, -0.1) is 0 Å². The molecule has 0 bridgehead atoms. The zero-order chi connectivity index (χ0) is 13.7. The van der Waals surface area contributed by atoms with Crippen LogP contribution in [0.1, 0.15) is 23.0 Å². The minimum atomic E-state index is -0.376. The van der Waals surface area contributed by atoms with Crippen molar-refractivity contribution in [2.75, 3.05) is 11.9 Å². The first-order valence-electron chi connectivity index (χ1n) is 6.05. The molecule has 0 saturated carbocycles. The molecule has 0 radical (unpaired) electrons. The van der Waals surface area contributed by atoms with E-state index in [1.807, 2.05) is 19.3 Å². The Bertz CT molecular complexity index is 565. The van der Waals surface area contributed by atoms with E-state index in [1.165, 1.54) is 0 Å². The summed E-state index contributed by atoms with van der Waals surface area (Å²) in [5.41, 5.74) is 1.31. The van der Waals surface area contributed by atoms with Gasteiger partial charge in [-0.05, 0) is 25.1 Å². The number of carbonyl (C=O) groups is 1. The highest BCUT2D eigenvalue weighted by atomic mass is 16.5. The lowest BCUT2D eigenvalue weighted by Gasteiger charge is -2.08. The Morgan fingerprint density at radius 1 is 1.47 bits per heavy atom. The van der Waals surface area contributed by atoms with E-state index >= 15 is 0 Å². The van der Waals surface area contributed by atoms with E-state index in [9.17, 15) is 4.79 Å². The number of pyridine rings is 1. The van der Waals surface area contributed by atoms with E-state index in [4.69, 9.17) is 4.74 Å². The normalized spacial score (nSPS) is 10.2. The molecule has 2 heterocycles. The number of aryl methyl sites for hydroxylation is 1. The highest BCUT2D eigenvalue weighted by Gasteiger charge is 2.13.